The molecule has 19 heavy (non-hydrogen) atoms. The normalized spacial score (nSPS) is 11.0. The lowest BCUT2D eigenvalue weighted by Gasteiger charge is -2.06. The van der Waals surface area contributed by atoms with Crippen LogP contribution >= 0.6 is 0 Å². The molecule has 6 heteroatoms. The van der Waals surface area contributed by atoms with Crippen LogP contribution in [0.4, 0.5) is 4.39 Å². The minimum Gasteiger partial charge on any atom is -0.268 e. The van der Waals surface area contributed by atoms with Gasteiger partial charge in [0, 0.05) is 5.56 Å². The zero-order chi connectivity index (χ0) is 13.9. The van der Waals surface area contributed by atoms with Crippen molar-refractivity contribution in [3.05, 3.63) is 66.0 Å². The highest BCUT2D eigenvalue weighted by Gasteiger charge is 2.18. The van der Waals surface area contributed by atoms with E-state index in [9.17, 15) is 17.6 Å². The Morgan fingerprint density at radius 3 is 2.32 bits per heavy atom. The number of halogens is 1. The van der Waals surface area contributed by atoms with Crippen LogP contribution in [0.3, 0.4) is 0 Å². The van der Waals surface area contributed by atoms with Crippen molar-refractivity contribution in [3.8, 4) is 0 Å². The van der Waals surface area contributed by atoms with Gasteiger partial charge < -0.3 is 0 Å². The van der Waals surface area contributed by atoms with Crippen LogP contribution in [-0.4, -0.2) is 14.3 Å². The van der Waals surface area contributed by atoms with E-state index in [1.54, 1.807) is 18.2 Å². The summed E-state index contributed by atoms with van der Waals surface area (Å²) in [6.07, 6.45) is 0. The molecule has 0 radical (unpaired) electrons. The number of hydrogen-bond acceptors (Lipinski definition) is 3. The van der Waals surface area contributed by atoms with E-state index in [1.807, 2.05) is 4.72 Å². The van der Waals surface area contributed by atoms with Crippen LogP contribution in [0.2, 0.25) is 0 Å². The lowest BCUT2D eigenvalue weighted by molar-refractivity contribution is 0.0981. The van der Waals surface area contributed by atoms with Crippen molar-refractivity contribution >= 4 is 15.9 Å². The Hall–Kier alpha value is -2.21. The molecule has 1 N–H and O–H groups in total. The van der Waals surface area contributed by atoms with Crippen LogP contribution in [0, 0.1) is 5.82 Å². The number of sulfonamides is 1. The fraction of sp³-hybridized carbons (Fsp3) is 0. The van der Waals surface area contributed by atoms with Crippen molar-refractivity contribution in [2.45, 2.75) is 4.90 Å². The number of carbonyl (C=O) groups excluding carboxylic acids is 1. The van der Waals surface area contributed by atoms with E-state index in [-0.39, 0.29) is 10.5 Å². The number of amides is 1. The van der Waals surface area contributed by atoms with Crippen LogP contribution in [0.1, 0.15) is 10.4 Å². The number of carbonyl (C=O) groups is 1. The first-order chi connectivity index (χ1) is 8.99. The zero-order valence-electron chi connectivity index (χ0n) is 9.71. The maximum atomic E-state index is 13.0. The summed E-state index contributed by atoms with van der Waals surface area (Å²) in [5.41, 5.74) is -0.0560. The molecule has 0 fully saturated rings. The number of benzene rings is 2. The van der Waals surface area contributed by atoms with E-state index in [4.69, 9.17) is 0 Å². The lowest BCUT2D eigenvalue weighted by atomic mass is 10.2. The van der Waals surface area contributed by atoms with Gasteiger partial charge in [-0.15, -0.1) is 0 Å². The van der Waals surface area contributed by atoms with Crippen molar-refractivity contribution in [1.82, 2.24) is 4.72 Å². The quantitative estimate of drug-likeness (QED) is 0.934. The summed E-state index contributed by atoms with van der Waals surface area (Å²) >= 11 is 0. The van der Waals surface area contributed by atoms with Crippen LogP contribution in [0.15, 0.2) is 59.5 Å². The van der Waals surface area contributed by atoms with Gasteiger partial charge in [0.25, 0.3) is 15.9 Å². The van der Waals surface area contributed by atoms with Gasteiger partial charge in [-0.05, 0) is 30.3 Å². The van der Waals surface area contributed by atoms with Crippen molar-refractivity contribution in [2.24, 2.45) is 0 Å². The molecule has 0 spiro atoms. The predicted octanol–water partition coefficient (Wildman–Crippen LogP) is 1.94. The van der Waals surface area contributed by atoms with Crippen LogP contribution in [-0.2, 0) is 10.0 Å². The molecule has 2 rings (SSSR count). The Bertz CT molecular complexity index is 699. The van der Waals surface area contributed by atoms with Gasteiger partial charge in [0.1, 0.15) is 5.82 Å². The molecule has 98 valence electrons. The third kappa shape index (κ3) is 3.17. The van der Waals surface area contributed by atoms with E-state index in [0.717, 1.165) is 6.07 Å². The first-order valence-electron chi connectivity index (χ1n) is 5.37. The molecule has 0 unspecified atom stereocenters. The van der Waals surface area contributed by atoms with E-state index in [0.29, 0.717) is 0 Å². The summed E-state index contributed by atoms with van der Waals surface area (Å²) in [6.45, 7) is 0. The molecule has 0 bridgehead atoms. The topological polar surface area (TPSA) is 63.2 Å². The second kappa shape index (κ2) is 5.19. The summed E-state index contributed by atoms with van der Waals surface area (Å²) in [4.78, 5) is 11.7. The Kier molecular flexibility index (Phi) is 3.62. The largest absolute Gasteiger partial charge is 0.268 e. The maximum absolute atomic E-state index is 13.0. The van der Waals surface area contributed by atoms with Crippen molar-refractivity contribution in [1.29, 1.82) is 0 Å². The summed E-state index contributed by atoms with van der Waals surface area (Å²) in [5.74, 6) is -1.48. The fourth-order valence-electron chi connectivity index (χ4n) is 1.47. The maximum Gasteiger partial charge on any atom is 0.265 e. The highest BCUT2D eigenvalue weighted by molar-refractivity contribution is 7.90. The van der Waals surface area contributed by atoms with E-state index >= 15 is 0 Å². The SMILES string of the molecule is O=C(NS(=O)(=O)c1ccccc1)c1cccc(F)c1. The monoisotopic (exact) mass is 279 g/mol. The van der Waals surface area contributed by atoms with Gasteiger partial charge in [-0.2, -0.15) is 0 Å². The Balaban J connectivity index is 2.24. The smallest absolute Gasteiger partial charge is 0.265 e. The predicted molar refractivity (Wildman–Crippen MR) is 67.5 cm³/mol. The molecule has 0 aliphatic heterocycles. The Morgan fingerprint density at radius 1 is 1.00 bits per heavy atom. The summed E-state index contributed by atoms with van der Waals surface area (Å²) < 4.78 is 38.6. The molecule has 1 amide bonds. The molecule has 4 nitrogen and oxygen atoms in total. The van der Waals surface area contributed by atoms with E-state index in [2.05, 4.69) is 0 Å². The summed E-state index contributed by atoms with van der Waals surface area (Å²) in [7, 11) is -3.94. The fourth-order valence-corrected chi connectivity index (χ4v) is 2.46. The lowest BCUT2D eigenvalue weighted by Crippen LogP contribution is -2.30. The van der Waals surface area contributed by atoms with E-state index in [1.165, 1.54) is 30.3 Å². The number of rotatable bonds is 3. The van der Waals surface area contributed by atoms with Gasteiger partial charge in [-0.25, -0.2) is 17.5 Å². The van der Waals surface area contributed by atoms with Gasteiger partial charge in [-0.1, -0.05) is 24.3 Å². The molecular weight excluding hydrogens is 269 g/mol. The molecule has 0 aromatic heterocycles. The average molecular weight is 279 g/mol. The second-order valence-electron chi connectivity index (χ2n) is 3.76. The van der Waals surface area contributed by atoms with Crippen LogP contribution in [0.5, 0.6) is 0 Å². The third-order valence-corrected chi connectivity index (χ3v) is 3.71. The van der Waals surface area contributed by atoms with Gasteiger partial charge >= 0.3 is 0 Å². The summed E-state index contributed by atoms with van der Waals surface area (Å²) in [6, 6.07) is 12.3. The first-order valence-corrected chi connectivity index (χ1v) is 6.85. The van der Waals surface area contributed by atoms with Gasteiger partial charge in [0.15, 0.2) is 0 Å². The second-order valence-corrected chi connectivity index (χ2v) is 5.44. The Labute approximate surface area is 109 Å². The van der Waals surface area contributed by atoms with Crippen LogP contribution in [0.25, 0.3) is 0 Å². The van der Waals surface area contributed by atoms with Crippen molar-refractivity contribution in [2.75, 3.05) is 0 Å². The average Bonchev–Trinajstić information content (AvgIpc) is 2.39. The van der Waals surface area contributed by atoms with Gasteiger partial charge in [0.05, 0.1) is 4.90 Å². The van der Waals surface area contributed by atoms with E-state index < -0.39 is 21.7 Å². The van der Waals surface area contributed by atoms with Crippen LogP contribution < -0.4 is 4.72 Å². The third-order valence-electron chi connectivity index (χ3n) is 2.37. The molecule has 0 saturated heterocycles. The number of nitrogens with one attached hydrogen (secondary N) is 1. The van der Waals surface area contributed by atoms with Gasteiger partial charge in [0.2, 0.25) is 0 Å². The highest BCUT2D eigenvalue weighted by atomic mass is 32.2. The summed E-state index contributed by atoms with van der Waals surface area (Å²) in [5, 5.41) is 0. The minimum atomic E-state index is -3.94. The first kappa shape index (κ1) is 13.2. The van der Waals surface area contributed by atoms with Crippen molar-refractivity contribution < 1.29 is 17.6 Å². The molecule has 2 aromatic carbocycles. The standard InChI is InChI=1S/C13H10FNO3S/c14-11-6-4-5-10(9-11)13(16)15-19(17,18)12-7-2-1-3-8-12/h1-9H,(H,15,16). The molecule has 0 aliphatic carbocycles. The van der Waals surface area contributed by atoms with Gasteiger partial charge in [-0.3, -0.25) is 4.79 Å². The molecule has 0 heterocycles. The molecule has 2 aromatic rings. The number of hydrogen-bond donors (Lipinski definition) is 1. The molecule has 0 atom stereocenters. The highest BCUT2D eigenvalue weighted by Crippen LogP contribution is 2.09. The van der Waals surface area contributed by atoms with Crippen molar-refractivity contribution in [3.63, 3.8) is 0 Å². The zero-order valence-corrected chi connectivity index (χ0v) is 10.5. The molecule has 0 aliphatic rings. The Morgan fingerprint density at radius 2 is 1.68 bits per heavy atom. The minimum absolute atomic E-state index is 0.0280. The molecule has 0 saturated carbocycles. The molecular formula is C13H10FNO3S.